The van der Waals surface area contributed by atoms with Crippen molar-refractivity contribution in [3.05, 3.63) is 59.5 Å². The van der Waals surface area contributed by atoms with Gasteiger partial charge in [-0.2, -0.15) is 18.3 Å². The van der Waals surface area contributed by atoms with Crippen molar-refractivity contribution in [1.82, 2.24) is 25.4 Å². The first-order valence-corrected chi connectivity index (χ1v) is 11.4. The number of rotatable bonds is 5. The average Bonchev–Trinajstić information content (AvgIpc) is 3.19. The maximum Gasteiger partial charge on any atom is 0.416 e. The number of alkyl halides is 3. The lowest BCUT2D eigenvalue weighted by atomic mass is 9.77. The van der Waals surface area contributed by atoms with E-state index in [1.54, 1.807) is 12.4 Å². The van der Waals surface area contributed by atoms with E-state index in [0.29, 0.717) is 35.5 Å². The molecule has 1 aromatic carbocycles. The zero-order valence-electron chi connectivity index (χ0n) is 18.5. The quantitative estimate of drug-likeness (QED) is 0.529. The first kappa shape index (κ1) is 22.8. The van der Waals surface area contributed by atoms with E-state index in [9.17, 15) is 23.1 Å². The van der Waals surface area contributed by atoms with Crippen LogP contribution in [-0.2, 0) is 23.0 Å². The van der Waals surface area contributed by atoms with Crippen LogP contribution in [0.15, 0.2) is 42.7 Å². The number of H-pyrrole nitrogens is 1. The number of nitrogens with one attached hydrogen (secondary N) is 2. The van der Waals surface area contributed by atoms with Crippen molar-refractivity contribution in [2.24, 2.45) is 0 Å². The van der Waals surface area contributed by atoms with Gasteiger partial charge >= 0.3 is 6.18 Å². The summed E-state index contributed by atoms with van der Waals surface area (Å²) in [6.45, 7) is 1.45. The molecule has 3 N–H and O–H groups in total. The van der Waals surface area contributed by atoms with Gasteiger partial charge in [0.05, 0.1) is 34.8 Å². The van der Waals surface area contributed by atoms with Crippen LogP contribution in [0.5, 0.6) is 0 Å². The van der Waals surface area contributed by atoms with Crippen molar-refractivity contribution in [3.63, 3.8) is 0 Å². The van der Waals surface area contributed by atoms with Crippen LogP contribution in [0.1, 0.15) is 42.5 Å². The Bertz CT molecular complexity index is 1170. The molecule has 1 saturated heterocycles. The summed E-state index contributed by atoms with van der Waals surface area (Å²) in [5.41, 5.74) is 0.0311. The molecular formula is C24H26F3N5O2. The largest absolute Gasteiger partial charge is 0.416 e. The predicted octanol–water partition coefficient (Wildman–Crippen LogP) is 3.15. The number of carbonyl (C=O) groups excluding carboxylic acids is 1. The molecule has 1 saturated carbocycles. The highest BCUT2D eigenvalue weighted by Gasteiger charge is 2.40. The molecule has 2 fully saturated rings. The predicted molar refractivity (Wildman–Crippen MR) is 119 cm³/mol. The third-order valence-electron chi connectivity index (χ3n) is 7.07. The van der Waals surface area contributed by atoms with E-state index in [4.69, 9.17) is 0 Å². The van der Waals surface area contributed by atoms with Crippen molar-refractivity contribution in [2.45, 2.75) is 56.0 Å². The summed E-state index contributed by atoms with van der Waals surface area (Å²) < 4.78 is 39.1. The Balaban J connectivity index is 1.12. The highest BCUT2D eigenvalue weighted by Crippen LogP contribution is 2.39. The van der Waals surface area contributed by atoms with Gasteiger partial charge in [-0.05, 0) is 49.9 Å². The van der Waals surface area contributed by atoms with E-state index in [1.165, 1.54) is 6.07 Å². The molecular weight excluding hydrogens is 447 g/mol. The maximum absolute atomic E-state index is 13.0. The second-order valence-corrected chi connectivity index (χ2v) is 9.33. The highest BCUT2D eigenvalue weighted by atomic mass is 19.4. The van der Waals surface area contributed by atoms with Crippen molar-refractivity contribution in [3.8, 4) is 0 Å². The van der Waals surface area contributed by atoms with Crippen molar-refractivity contribution < 1.29 is 23.1 Å². The first-order valence-electron chi connectivity index (χ1n) is 11.4. The lowest BCUT2D eigenvalue weighted by molar-refractivity contribution is -0.137. The Morgan fingerprint density at radius 1 is 1.24 bits per heavy atom. The van der Waals surface area contributed by atoms with Crippen molar-refractivity contribution in [2.75, 3.05) is 13.1 Å². The number of nitrogens with zero attached hydrogens (tertiary/aromatic N) is 3. The third kappa shape index (κ3) is 4.52. The number of pyridine rings is 1. The molecule has 5 rings (SSSR count). The van der Waals surface area contributed by atoms with Crippen molar-refractivity contribution >= 4 is 16.8 Å². The molecule has 0 atom stereocenters. The summed E-state index contributed by atoms with van der Waals surface area (Å²) in [4.78, 5) is 18.9. The number of fused-ring (bicyclic) bond motifs is 1. The summed E-state index contributed by atoms with van der Waals surface area (Å²) in [6, 6.07) is 7.47. The fraction of sp³-hybridized carbons (Fsp3) is 0.458. The van der Waals surface area contributed by atoms with E-state index in [1.807, 2.05) is 12.1 Å². The number of likely N-dealkylation sites (tertiary alicyclic amines) is 1. The van der Waals surface area contributed by atoms with E-state index >= 15 is 0 Å². The van der Waals surface area contributed by atoms with Gasteiger partial charge in [0.15, 0.2) is 0 Å². The average molecular weight is 473 g/mol. The minimum Gasteiger partial charge on any atom is -0.385 e. The number of hydrogen-bond acceptors (Lipinski definition) is 5. The third-order valence-corrected chi connectivity index (χ3v) is 7.07. The molecule has 2 aliphatic rings. The highest BCUT2D eigenvalue weighted by molar-refractivity contribution is 5.88. The van der Waals surface area contributed by atoms with Crippen molar-refractivity contribution in [1.29, 1.82) is 0 Å². The summed E-state index contributed by atoms with van der Waals surface area (Å²) >= 11 is 0. The van der Waals surface area contributed by atoms with E-state index in [0.717, 1.165) is 43.6 Å². The molecule has 0 bridgehead atoms. The lowest BCUT2D eigenvalue weighted by Crippen LogP contribution is -2.63. The van der Waals surface area contributed by atoms with Crippen LogP contribution in [-0.4, -0.2) is 56.3 Å². The van der Waals surface area contributed by atoms with E-state index < -0.39 is 17.3 Å². The van der Waals surface area contributed by atoms with Gasteiger partial charge in [-0.25, -0.2) is 0 Å². The van der Waals surface area contributed by atoms with E-state index in [2.05, 4.69) is 25.4 Å². The molecule has 7 nitrogen and oxygen atoms in total. The Morgan fingerprint density at radius 3 is 2.68 bits per heavy atom. The second kappa shape index (κ2) is 8.66. The lowest BCUT2D eigenvalue weighted by Gasteiger charge is -2.48. The summed E-state index contributed by atoms with van der Waals surface area (Å²) in [5.74, 6) is -0.259. The number of hydrogen-bond donors (Lipinski definition) is 3. The molecule has 1 amide bonds. The van der Waals surface area contributed by atoms with Crippen LogP contribution in [0.3, 0.4) is 0 Å². The number of carbonyl (C=O) groups is 1. The van der Waals surface area contributed by atoms with E-state index in [-0.39, 0.29) is 18.4 Å². The van der Waals surface area contributed by atoms with Crippen LogP contribution in [0.2, 0.25) is 0 Å². The Kier molecular flexibility index (Phi) is 5.81. The molecule has 1 aliphatic carbocycles. The molecule has 0 radical (unpaired) electrons. The number of halogens is 3. The fourth-order valence-corrected chi connectivity index (χ4v) is 5.08. The zero-order valence-corrected chi connectivity index (χ0v) is 18.5. The van der Waals surface area contributed by atoms with Crippen LogP contribution in [0.4, 0.5) is 13.2 Å². The monoisotopic (exact) mass is 473 g/mol. The molecule has 0 unspecified atom stereocenters. The van der Waals surface area contributed by atoms with Crippen LogP contribution < -0.4 is 5.32 Å². The first-order chi connectivity index (χ1) is 16.2. The fourth-order valence-electron chi connectivity index (χ4n) is 5.08. The maximum atomic E-state index is 13.0. The van der Waals surface area contributed by atoms with Gasteiger partial charge in [0, 0.05) is 42.5 Å². The molecule has 10 heteroatoms. The van der Waals surface area contributed by atoms with Gasteiger partial charge in [0.1, 0.15) is 0 Å². The van der Waals surface area contributed by atoms with Gasteiger partial charge in [-0.3, -0.25) is 19.8 Å². The van der Waals surface area contributed by atoms with Crippen LogP contribution in [0.25, 0.3) is 10.9 Å². The molecule has 3 heterocycles. The standard InChI is InChI=1S/C24H26F3N5O2/c25-24(26,27)15-3-4-20-19(10-15)21(31-30-20)11-22(33)29-17-13-32(14-17)18-5-7-23(34,8-6-18)16-2-1-9-28-12-16/h1-4,9-10,12,17-18,34H,5-8,11,13-14H2,(H,29,33)(H,30,31). The summed E-state index contributed by atoms with van der Waals surface area (Å²) in [6.07, 6.45) is 1.96. The Labute approximate surface area is 194 Å². The zero-order chi connectivity index (χ0) is 23.9. The second-order valence-electron chi connectivity index (χ2n) is 9.33. The molecule has 180 valence electrons. The number of aromatic amines is 1. The summed E-state index contributed by atoms with van der Waals surface area (Å²) in [5, 5.41) is 21.0. The molecule has 3 aromatic rings. The van der Waals surface area contributed by atoms with Crippen LogP contribution in [0, 0.1) is 0 Å². The van der Waals surface area contributed by atoms with Gasteiger partial charge in [0.25, 0.3) is 0 Å². The normalized spacial score (nSPS) is 24.2. The molecule has 1 aliphatic heterocycles. The SMILES string of the molecule is O=C(Cc1n[nH]c2ccc(C(F)(F)F)cc12)NC1CN(C2CCC(O)(c3cccnc3)CC2)C1. The summed E-state index contributed by atoms with van der Waals surface area (Å²) in [7, 11) is 0. The molecule has 0 spiro atoms. The molecule has 34 heavy (non-hydrogen) atoms. The number of benzene rings is 1. The van der Waals surface area contributed by atoms with Gasteiger partial charge in [0.2, 0.25) is 5.91 Å². The number of amides is 1. The Morgan fingerprint density at radius 2 is 2.00 bits per heavy atom. The minimum absolute atomic E-state index is 0.00238. The van der Waals surface area contributed by atoms with Gasteiger partial charge in [-0.1, -0.05) is 6.07 Å². The number of aromatic nitrogens is 3. The Hall–Kier alpha value is -2.98. The molecule has 2 aromatic heterocycles. The van der Waals surface area contributed by atoms with Crippen LogP contribution >= 0.6 is 0 Å². The van der Waals surface area contributed by atoms with Gasteiger partial charge < -0.3 is 10.4 Å². The van der Waals surface area contributed by atoms with Gasteiger partial charge in [-0.15, -0.1) is 0 Å². The minimum atomic E-state index is -4.45. The smallest absolute Gasteiger partial charge is 0.385 e. The topological polar surface area (TPSA) is 94.1 Å². The number of aliphatic hydroxyl groups is 1.